The average Bonchev–Trinajstić information content (AvgIpc) is 2.67. The normalized spacial score (nSPS) is 24.0. The summed E-state index contributed by atoms with van der Waals surface area (Å²) in [6, 6.07) is 3.65. The van der Waals surface area contributed by atoms with Crippen molar-refractivity contribution in [3.63, 3.8) is 0 Å². The van der Waals surface area contributed by atoms with Gasteiger partial charge < -0.3 is 4.74 Å². The van der Waals surface area contributed by atoms with Crippen molar-refractivity contribution in [1.82, 2.24) is 0 Å². The third kappa shape index (κ3) is 5.48. The SMILES string of the molecule is Cc1cc(F)ccc1NS(=O)(=O)C1=CC(Cl)C(OC2CC=C([N+](=O)[O-])C=C2Cl)C(Cl)=C1. The summed E-state index contributed by atoms with van der Waals surface area (Å²) in [5.74, 6) is -0.489. The first-order chi connectivity index (χ1) is 14.5. The standard InChI is InChI=1S/C19H16Cl3FN2O5S/c1-10-6-11(23)2-4-17(10)24-31(28,29)13-8-15(21)19(16(22)9-13)30-18-5-3-12(25(26)27)7-14(18)20/h2-4,6-9,15,18-19,24H,5H2,1H3. The van der Waals surface area contributed by atoms with E-state index in [0.717, 1.165) is 6.07 Å². The van der Waals surface area contributed by atoms with E-state index in [9.17, 15) is 22.9 Å². The second-order valence-electron chi connectivity index (χ2n) is 6.80. The van der Waals surface area contributed by atoms with Gasteiger partial charge in [0.1, 0.15) is 11.9 Å². The third-order valence-corrected chi connectivity index (χ3v) is 6.96. The van der Waals surface area contributed by atoms with E-state index in [0.29, 0.717) is 5.56 Å². The molecule has 2 aliphatic carbocycles. The highest BCUT2D eigenvalue weighted by Crippen LogP contribution is 2.34. The number of hydrogen-bond donors (Lipinski definition) is 1. The lowest BCUT2D eigenvalue weighted by molar-refractivity contribution is -0.419. The maximum atomic E-state index is 13.3. The molecule has 0 radical (unpaired) electrons. The molecule has 3 atom stereocenters. The van der Waals surface area contributed by atoms with Crippen molar-refractivity contribution in [2.45, 2.75) is 30.9 Å². The maximum absolute atomic E-state index is 13.3. The Morgan fingerprint density at radius 1 is 1.26 bits per heavy atom. The van der Waals surface area contributed by atoms with Crippen molar-refractivity contribution >= 4 is 50.5 Å². The number of nitrogens with zero attached hydrogens (tertiary/aromatic N) is 1. The predicted molar refractivity (Wildman–Crippen MR) is 118 cm³/mol. The van der Waals surface area contributed by atoms with Crippen LogP contribution in [0, 0.1) is 22.9 Å². The molecular formula is C19H16Cl3FN2O5S. The van der Waals surface area contributed by atoms with Gasteiger partial charge in [0, 0.05) is 12.5 Å². The largest absolute Gasteiger partial charge is 0.362 e. The Kier molecular flexibility index (Phi) is 7.12. The van der Waals surface area contributed by atoms with E-state index in [2.05, 4.69) is 4.72 Å². The summed E-state index contributed by atoms with van der Waals surface area (Å²) in [4.78, 5) is 10.1. The molecule has 31 heavy (non-hydrogen) atoms. The van der Waals surface area contributed by atoms with E-state index in [-0.39, 0.29) is 32.8 Å². The van der Waals surface area contributed by atoms with Crippen LogP contribution in [0.1, 0.15) is 12.0 Å². The van der Waals surface area contributed by atoms with E-state index in [1.165, 1.54) is 36.4 Å². The molecule has 12 heteroatoms. The van der Waals surface area contributed by atoms with Gasteiger partial charge in [0.2, 0.25) is 0 Å². The summed E-state index contributed by atoms with van der Waals surface area (Å²) < 4.78 is 47.0. The molecule has 3 rings (SSSR count). The zero-order valence-electron chi connectivity index (χ0n) is 15.9. The average molecular weight is 510 g/mol. The molecule has 166 valence electrons. The fourth-order valence-electron chi connectivity index (χ4n) is 2.97. The summed E-state index contributed by atoms with van der Waals surface area (Å²) in [5.41, 5.74) is 0.469. The molecule has 3 unspecified atom stereocenters. The van der Waals surface area contributed by atoms with E-state index in [1.807, 2.05) is 0 Å². The zero-order chi connectivity index (χ0) is 22.9. The molecule has 0 bridgehead atoms. The number of alkyl halides is 1. The summed E-state index contributed by atoms with van der Waals surface area (Å²) >= 11 is 18.7. The van der Waals surface area contributed by atoms with E-state index >= 15 is 0 Å². The second kappa shape index (κ2) is 9.30. The Morgan fingerprint density at radius 2 is 1.97 bits per heavy atom. The van der Waals surface area contributed by atoms with Gasteiger partial charge in [-0.25, -0.2) is 12.8 Å². The van der Waals surface area contributed by atoms with Crippen molar-refractivity contribution in [1.29, 1.82) is 0 Å². The van der Waals surface area contributed by atoms with Crippen LogP contribution in [0.4, 0.5) is 10.1 Å². The monoisotopic (exact) mass is 508 g/mol. The van der Waals surface area contributed by atoms with Crippen LogP contribution < -0.4 is 4.72 Å². The summed E-state index contributed by atoms with van der Waals surface area (Å²) in [6.07, 6.45) is 3.51. The Morgan fingerprint density at radius 3 is 2.55 bits per heavy atom. The molecular weight excluding hydrogens is 494 g/mol. The van der Waals surface area contributed by atoms with Crippen LogP contribution in [0.25, 0.3) is 0 Å². The van der Waals surface area contributed by atoms with Gasteiger partial charge in [-0.15, -0.1) is 11.6 Å². The van der Waals surface area contributed by atoms with Crippen LogP contribution in [-0.2, 0) is 14.8 Å². The van der Waals surface area contributed by atoms with E-state index in [1.54, 1.807) is 6.92 Å². The Labute approximate surface area is 193 Å². The van der Waals surface area contributed by atoms with E-state index < -0.39 is 38.3 Å². The first kappa shape index (κ1) is 23.7. The highest BCUT2D eigenvalue weighted by molar-refractivity contribution is 7.96. The number of ether oxygens (including phenoxy) is 1. The zero-order valence-corrected chi connectivity index (χ0v) is 19.0. The number of hydrogen-bond acceptors (Lipinski definition) is 5. The fraction of sp³-hybridized carbons (Fsp3) is 0.263. The lowest BCUT2D eigenvalue weighted by Gasteiger charge is -2.29. The van der Waals surface area contributed by atoms with Gasteiger partial charge >= 0.3 is 0 Å². The first-order valence-electron chi connectivity index (χ1n) is 8.87. The highest BCUT2D eigenvalue weighted by atomic mass is 35.5. The third-order valence-electron chi connectivity index (χ3n) is 4.56. The number of aryl methyl sites for hydroxylation is 1. The topological polar surface area (TPSA) is 98.5 Å². The molecule has 0 saturated heterocycles. The van der Waals surface area contributed by atoms with Gasteiger partial charge in [-0.3, -0.25) is 14.8 Å². The Bertz CT molecular complexity index is 1150. The van der Waals surface area contributed by atoms with Crippen LogP contribution >= 0.6 is 34.8 Å². The number of benzene rings is 1. The van der Waals surface area contributed by atoms with Crippen molar-refractivity contribution in [3.8, 4) is 0 Å². The first-order valence-corrected chi connectivity index (χ1v) is 11.5. The smallest absolute Gasteiger partial charge is 0.266 e. The molecule has 7 nitrogen and oxygen atoms in total. The number of allylic oxidation sites excluding steroid dienone is 2. The molecule has 0 heterocycles. The van der Waals surface area contributed by atoms with Gasteiger partial charge in [-0.1, -0.05) is 23.2 Å². The van der Waals surface area contributed by atoms with Gasteiger partial charge in [-0.05, 0) is 48.9 Å². The Hall–Kier alpha value is -1.91. The number of rotatable bonds is 6. The minimum atomic E-state index is -4.06. The summed E-state index contributed by atoms with van der Waals surface area (Å²) in [7, 11) is -4.06. The molecule has 1 N–H and O–H groups in total. The van der Waals surface area contributed by atoms with Crippen molar-refractivity contribution in [2.24, 2.45) is 0 Å². The van der Waals surface area contributed by atoms with Gasteiger partial charge in [0.05, 0.1) is 37.1 Å². The van der Waals surface area contributed by atoms with Gasteiger partial charge in [0.15, 0.2) is 0 Å². The number of halogens is 4. The molecule has 0 spiro atoms. The highest BCUT2D eigenvalue weighted by Gasteiger charge is 2.34. The molecule has 1 aromatic carbocycles. The fourth-order valence-corrected chi connectivity index (χ4v) is 5.31. The van der Waals surface area contributed by atoms with Crippen LogP contribution in [0.15, 0.2) is 63.2 Å². The lowest BCUT2D eigenvalue weighted by atomic mass is 10.1. The minimum Gasteiger partial charge on any atom is -0.362 e. The van der Waals surface area contributed by atoms with Gasteiger partial charge in [0.25, 0.3) is 15.7 Å². The van der Waals surface area contributed by atoms with Crippen LogP contribution in [0.5, 0.6) is 0 Å². The number of anilines is 1. The van der Waals surface area contributed by atoms with Crippen LogP contribution in [0.3, 0.4) is 0 Å². The number of nitro groups is 1. The molecule has 0 aromatic heterocycles. The Balaban J connectivity index is 1.75. The number of sulfonamides is 1. The van der Waals surface area contributed by atoms with Crippen LogP contribution in [0.2, 0.25) is 0 Å². The van der Waals surface area contributed by atoms with Crippen molar-refractivity contribution in [3.05, 3.63) is 84.7 Å². The molecule has 0 amide bonds. The summed E-state index contributed by atoms with van der Waals surface area (Å²) in [6.45, 7) is 1.56. The minimum absolute atomic E-state index is 0.0206. The lowest BCUT2D eigenvalue weighted by Crippen LogP contribution is -2.33. The number of nitrogens with one attached hydrogen (secondary N) is 1. The maximum Gasteiger partial charge on any atom is 0.266 e. The summed E-state index contributed by atoms with van der Waals surface area (Å²) in [5, 5.41) is 10.0. The quantitative estimate of drug-likeness (QED) is 0.332. The molecule has 0 aliphatic heterocycles. The van der Waals surface area contributed by atoms with Crippen molar-refractivity contribution < 1.29 is 22.5 Å². The molecule has 0 fully saturated rings. The van der Waals surface area contributed by atoms with Gasteiger partial charge in [-0.2, -0.15) is 0 Å². The molecule has 2 aliphatic rings. The van der Waals surface area contributed by atoms with Crippen LogP contribution in [-0.4, -0.2) is 30.9 Å². The van der Waals surface area contributed by atoms with E-state index in [4.69, 9.17) is 39.5 Å². The molecule has 1 aromatic rings. The molecule has 0 saturated carbocycles. The predicted octanol–water partition coefficient (Wildman–Crippen LogP) is 4.94. The van der Waals surface area contributed by atoms with Crippen molar-refractivity contribution in [2.75, 3.05) is 4.72 Å². The second-order valence-corrected chi connectivity index (χ2v) is 9.86.